The van der Waals surface area contributed by atoms with Crippen molar-refractivity contribution in [1.29, 1.82) is 0 Å². The van der Waals surface area contributed by atoms with Crippen LogP contribution in [0.25, 0.3) is 0 Å². The first-order chi connectivity index (χ1) is 16.2. The normalized spacial score (nSPS) is 33.6. The van der Waals surface area contributed by atoms with Crippen LogP contribution in [0.5, 0.6) is 0 Å². The van der Waals surface area contributed by atoms with E-state index in [9.17, 15) is 29.6 Å². The molecule has 2 atom stereocenters. The van der Waals surface area contributed by atoms with Crippen molar-refractivity contribution in [3.63, 3.8) is 0 Å². The number of ether oxygens (including phenoxy) is 1. The van der Waals surface area contributed by atoms with Gasteiger partial charge >= 0.3 is 5.97 Å². The minimum atomic E-state index is -0.936. The molecule has 1 aromatic carbocycles. The number of benzene rings is 1. The van der Waals surface area contributed by atoms with Crippen molar-refractivity contribution < 1.29 is 29.2 Å². The minimum Gasteiger partial charge on any atom is -0.454 e. The van der Waals surface area contributed by atoms with Crippen LogP contribution in [0.15, 0.2) is 24.3 Å². The highest BCUT2D eigenvalue weighted by Crippen LogP contribution is 2.60. The number of para-hydroxylation sites is 2. The molecule has 34 heavy (non-hydrogen) atoms. The lowest BCUT2D eigenvalue weighted by Gasteiger charge is -2.56. The standard InChI is InChI=1S/C24H29N3O7/c28-17-8-20(22(30)34-13-21(29)25-18-3-1-2-4-19(18)27(32)33)26(12-17)23(31)24-9-14-5-15(10-24)7-16(6-14)11-24/h1-4,14-17,20,28H,5-13H2,(H,25,29)/t14?,15?,16?,17?,20-,24?/m0/s1. The van der Waals surface area contributed by atoms with Crippen molar-refractivity contribution >= 4 is 29.2 Å². The molecule has 0 aromatic heterocycles. The number of carbonyl (C=O) groups excluding carboxylic acids is 3. The van der Waals surface area contributed by atoms with Crippen molar-refractivity contribution in [2.45, 2.75) is 57.1 Å². The van der Waals surface area contributed by atoms with E-state index in [-0.39, 0.29) is 30.2 Å². The minimum absolute atomic E-state index is 0.00320. The van der Waals surface area contributed by atoms with Gasteiger partial charge < -0.3 is 20.1 Å². The number of aliphatic hydroxyl groups excluding tert-OH is 1. The molecule has 4 aliphatic carbocycles. The van der Waals surface area contributed by atoms with E-state index in [0.29, 0.717) is 17.8 Å². The third kappa shape index (κ3) is 4.15. The SMILES string of the molecule is O=C(COC(=O)[C@@H]1CC(O)CN1C(=O)C12CC3CC(CC(C3)C1)C2)Nc1ccccc1[N+](=O)[O-]. The first-order valence-electron chi connectivity index (χ1n) is 11.9. The number of anilines is 1. The predicted octanol–water partition coefficient (Wildman–Crippen LogP) is 2.25. The third-order valence-electron chi connectivity index (χ3n) is 8.02. The summed E-state index contributed by atoms with van der Waals surface area (Å²) in [6.45, 7) is -0.556. The van der Waals surface area contributed by atoms with Gasteiger partial charge in [0.05, 0.1) is 16.4 Å². The lowest BCUT2D eigenvalue weighted by atomic mass is 9.49. The van der Waals surface area contributed by atoms with Gasteiger partial charge in [-0.1, -0.05) is 12.1 Å². The quantitative estimate of drug-likeness (QED) is 0.368. The summed E-state index contributed by atoms with van der Waals surface area (Å²) in [5.74, 6) is 0.179. The van der Waals surface area contributed by atoms with Crippen molar-refractivity contribution in [2.24, 2.45) is 23.2 Å². The van der Waals surface area contributed by atoms with Gasteiger partial charge in [-0.05, 0) is 62.3 Å². The molecule has 2 amide bonds. The molecule has 1 unspecified atom stereocenters. The molecule has 1 aliphatic heterocycles. The molecule has 1 aromatic rings. The van der Waals surface area contributed by atoms with Crippen LogP contribution in [-0.4, -0.2) is 58.0 Å². The van der Waals surface area contributed by atoms with Gasteiger partial charge in [0.2, 0.25) is 5.91 Å². The zero-order valence-electron chi connectivity index (χ0n) is 18.9. The maximum absolute atomic E-state index is 13.7. The Balaban J connectivity index is 1.22. The van der Waals surface area contributed by atoms with E-state index in [0.717, 1.165) is 19.3 Å². The molecular formula is C24H29N3O7. The van der Waals surface area contributed by atoms with E-state index >= 15 is 0 Å². The summed E-state index contributed by atoms with van der Waals surface area (Å²) in [4.78, 5) is 50.8. The average molecular weight is 472 g/mol. The molecule has 5 fully saturated rings. The molecule has 0 spiro atoms. The van der Waals surface area contributed by atoms with Crippen molar-refractivity contribution in [3.8, 4) is 0 Å². The highest BCUT2D eigenvalue weighted by Gasteiger charge is 2.57. The Hall–Kier alpha value is -3.01. The predicted molar refractivity (Wildman–Crippen MR) is 119 cm³/mol. The Labute approximate surface area is 196 Å². The zero-order chi connectivity index (χ0) is 24.0. The lowest BCUT2D eigenvalue weighted by molar-refractivity contribution is -0.383. The number of likely N-dealkylation sites (tertiary alicyclic amines) is 1. The number of hydrogen-bond acceptors (Lipinski definition) is 7. The smallest absolute Gasteiger partial charge is 0.329 e. The Morgan fingerprint density at radius 2 is 1.71 bits per heavy atom. The Kier molecular flexibility index (Phi) is 5.79. The number of nitrogens with zero attached hydrogens (tertiary/aromatic N) is 2. The fourth-order valence-corrected chi connectivity index (χ4v) is 7.10. The highest BCUT2D eigenvalue weighted by atomic mass is 16.6. The van der Waals surface area contributed by atoms with Crippen LogP contribution in [0.2, 0.25) is 0 Å². The largest absolute Gasteiger partial charge is 0.454 e. The maximum Gasteiger partial charge on any atom is 0.329 e. The molecule has 10 nitrogen and oxygen atoms in total. The van der Waals surface area contributed by atoms with Crippen LogP contribution in [0.1, 0.15) is 44.9 Å². The molecule has 0 radical (unpaired) electrons. The van der Waals surface area contributed by atoms with Crippen LogP contribution in [0.4, 0.5) is 11.4 Å². The fourth-order valence-electron chi connectivity index (χ4n) is 7.10. The molecule has 5 aliphatic rings. The average Bonchev–Trinajstić information content (AvgIpc) is 3.18. The second-order valence-corrected chi connectivity index (χ2v) is 10.5. The number of nitro groups is 1. The van der Waals surface area contributed by atoms with Gasteiger partial charge in [0, 0.05) is 19.0 Å². The van der Waals surface area contributed by atoms with Gasteiger partial charge in [-0.25, -0.2) is 4.79 Å². The van der Waals surface area contributed by atoms with Gasteiger partial charge in [-0.2, -0.15) is 0 Å². The van der Waals surface area contributed by atoms with E-state index in [1.54, 1.807) is 6.07 Å². The van der Waals surface area contributed by atoms with Gasteiger partial charge in [-0.3, -0.25) is 19.7 Å². The molecule has 2 N–H and O–H groups in total. The number of esters is 1. The molecule has 1 heterocycles. The Morgan fingerprint density at radius 1 is 1.09 bits per heavy atom. The first-order valence-corrected chi connectivity index (χ1v) is 11.9. The number of hydrogen-bond donors (Lipinski definition) is 2. The molecule has 4 saturated carbocycles. The van der Waals surface area contributed by atoms with Gasteiger partial charge in [0.25, 0.3) is 11.6 Å². The number of amides is 2. The van der Waals surface area contributed by atoms with Crippen molar-refractivity contribution in [3.05, 3.63) is 34.4 Å². The van der Waals surface area contributed by atoms with Crippen LogP contribution in [0, 0.1) is 33.3 Å². The third-order valence-corrected chi connectivity index (χ3v) is 8.02. The molecule has 10 heteroatoms. The molecular weight excluding hydrogens is 442 g/mol. The number of carbonyl (C=O) groups is 3. The number of aliphatic hydroxyl groups is 1. The zero-order valence-corrected chi connectivity index (χ0v) is 18.9. The summed E-state index contributed by atoms with van der Waals surface area (Å²) in [5, 5.41) is 23.8. The van der Waals surface area contributed by atoms with Crippen LogP contribution >= 0.6 is 0 Å². The molecule has 4 bridgehead atoms. The second kappa shape index (κ2) is 8.65. The number of nitrogens with one attached hydrogen (secondary N) is 1. The monoisotopic (exact) mass is 471 g/mol. The van der Waals surface area contributed by atoms with Gasteiger partial charge in [0.15, 0.2) is 6.61 Å². The Morgan fingerprint density at radius 3 is 2.32 bits per heavy atom. The number of nitro benzene ring substituents is 1. The molecule has 6 rings (SSSR count). The van der Waals surface area contributed by atoms with E-state index in [1.165, 1.54) is 42.4 Å². The van der Waals surface area contributed by atoms with Crippen molar-refractivity contribution in [2.75, 3.05) is 18.5 Å². The summed E-state index contributed by atoms with van der Waals surface area (Å²) in [6, 6.07) is 4.73. The van der Waals surface area contributed by atoms with E-state index < -0.39 is 41.0 Å². The fraction of sp³-hybridized carbons (Fsp3) is 0.625. The molecule has 182 valence electrons. The van der Waals surface area contributed by atoms with E-state index in [2.05, 4.69) is 5.32 Å². The maximum atomic E-state index is 13.7. The van der Waals surface area contributed by atoms with Crippen molar-refractivity contribution in [1.82, 2.24) is 4.90 Å². The summed E-state index contributed by atoms with van der Waals surface area (Å²) in [5.41, 5.74) is -0.710. The Bertz CT molecular complexity index is 990. The van der Waals surface area contributed by atoms with Crippen LogP contribution in [-0.2, 0) is 19.1 Å². The second-order valence-electron chi connectivity index (χ2n) is 10.5. The van der Waals surface area contributed by atoms with Gasteiger partial charge in [-0.15, -0.1) is 0 Å². The topological polar surface area (TPSA) is 139 Å². The van der Waals surface area contributed by atoms with Gasteiger partial charge in [0.1, 0.15) is 11.7 Å². The molecule has 1 saturated heterocycles. The number of rotatable bonds is 6. The highest BCUT2D eigenvalue weighted by molar-refractivity contribution is 5.95. The first kappa shape index (κ1) is 22.8. The summed E-state index contributed by atoms with van der Waals surface area (Å²) >= 11 is 0. The summed E-state index contributed by atoms with van der Waals surface area (Å²) in [6.07, 6.45) is 5.37. The lowest BCUT2D eigenvalue weighted by Crippen LogP contribution is -2.56. The van der Waals surface area contributed by atoms with Crippen LogP contribution in [0.3, 0.4) is 0 Å². The van der Waals surface area contributed by atoms with Crippen LogP contribution < -0.4 is 5.32 Å². The van der Waals surface area contributed by atoms with E-state index in [1.807, 2.05) is 0 Å². The summed E-state index contributed by atoms with van der Waals surface area (Å²) < 4.78 is 5.18. The van der Waals surface area contributed by atoms with E-state index in [4.69, 9.17) is 4.74 Å². The summed E-state index contributed by atoms with van der Waals surface area (Å²) in [7, 11) is 0. The number of β-amino-alcohol motifs (C(OH)–C–C–N with tert-alkyl or cyclic N) is 1.